The minimum Gasteiger partial charge on any atom is -0.493 e. The molecule has 33 heavy (non-hydrogen) atoms. The zero-order chi connectivity index (χ0) is 23.0. The summed E-state index contributed by atoms with van der Waals surface area (Å²) in [6.45, 7) is 1.08. The molecule has 1 atom stereocenters. The molecule has 2 heterocycles. The van der Waals surface area contributed by atoms with E-state index in [9.17, 15) is 9.59 Å². The topological polar surface area (TPSA) is 59.1 Å². The molecule has 5 rings (SSSR count). The molecule has 2 fully saturated rings. The Morgan fingerprint density at radius 2 is 1.67 bits per heavy atom. The molecular formula is C27H32N2O4. The van der Waals surface area contributed by atoms with Crippen LogP contribution < -0.4 is 9.47 Å². The SMILES string of the molecule is COc1cc2c(cc1OC)C(c1ccccc1)N(CN1C(=O)CC3(CCCCC3)C1=O)CC2. The summed E-state index contributed by atoms with van der Waals surface area (Å²) in [5, 5.41) is 0. The second-order valence-corrected chi connectivity index (χ2v) is 9.57. The lowest BCUT2D eigenvalue weighted by Gasteiger charge is -2.40. The Balaban J connectivity index is 1.50. The highest BCUT2D eigenvalue weighted by Gasteiger charge is 2.52. The third-order valence-electron chi connectivity index (χ3n) is 7.71. The number of likely N-dealkylation sites (tertiary alicyclic amines) is 1. The van der Waals surface area contributed by atoms with E-state index in [0.29, 0.717) is 18.8 Å². The maximum atomic E-state index is 13.5. The summed E-state index contributed by atoms with van der Waals surface area (Å²) < 4.78 is 11.1. The lowest BCUT2D eigenvalue weighted by Crippen LogP contribution is -2.47. The van der Waals surface area contributed by atoms with E-state index in [1.165, 1.54) is 10.5 Å². The van der Waals surface area contributed by atoms with Crippen LogP contribution in [0.5, 0.6) is 11.5 Å². The second-order valence-electron chi connectivity index (χ2n) is 9.57. The third kappa shape index (κ3) is 3.80. The molecule has 174 valence electrons. The molecule has 1 saturated heterocycles. The fourth-order valence-corrected chi connectivity index (χ4v) is 5.98. The largest absolute Gasteiger partial charge is 0.493 e. The molecule has 2 amide bonds. The molecule has 6 heteroatoms. The maximum Gasteiger partial charge on any atom is 0.237 e. The van der Waals surface area contributed by atoms with E-state index in [1.54, 1.807) is 14.2 Å². The molecule has 0 bridgehead atoms. The number of carbonyl (C=O) groups is 2. The van der Waals surface area contributed by atoms with Gasteiger partial charge >= 0.3 is 0 Å². The highest BCUT2D eigenvalue weighted by atomic mass is 16.5. The van der Waals surface area contributed by atoms with Crippen molar-refractivity contribution in [3.8, 4) is 11.5 Å². The van der Waals surface area contributed by atoms with E-state index in [2.05, 4.69) is 23.1 Å². The molecule has 2 aliphatic heterocycles. The van der Waals surface area contributed by atoms with Gasteiger partial charge in [0, 0.05) is 13.0 Å². The van der Waals surface area contributed by atoms with Crippen LogP contribution >= 0.6 is 0 Å². The first kappa shape index (κ1) is 22.0. The Labute approximate surface area is 195 Å². The lowest BCUT2D eigenvalue weighted by atomic mass is 9.73. The number of hydrogen-bond acceptors (Lipinski definition) is 5. The van der Waals surface area contributed by atoms with Crippen LogP contribution in [0.1, 0.15) is 61.3 Å². The van der Waals surface area contributed by atoms with Gasteiger partial charge in [0.15, 0.2) is 11.5 Å². The van der Waals surface area contributed by atoms with Crippen LogP contribution in [0, 0.1) is 5.41 Å². The summed E-state index contributed by atoms with van der Waals surface area (Å²) in [7, 11) is 3.30. The third-order valence-corrected chi connectivity index (χ3v) is 7.71. The van der Waals surface area contributed by atoms with Crippen molar-refractivity contribution in [2.45, 2.75) is 51.0 Å². The van der Waals surface area contributed by atoms with E-state index in [4.69, 9.17) is 9.47 Å². The van der Waals surface area contributed by atoms with Crippen LogP contribution in [0.25, 0.3) is 0 Å². The normalized spacial score (nSPS) is 22.5. The number of amides is 2. The summed E-state index contributed by atoms with van der Waals surface area (Å²) in [5.41, 5.74) is 3.02. The summed E-state index contributed by atoms with van der Waals surface area (Å²) in [5.74, 6) is 1.43. The second kappa shape index (κ2) is 8.82. The van der Waals surface area contributed by atoms with Crippen LogP contribution in [0.4, 0.5) is 0 Å². The highest BCUT2D eigenvalue weighted by Crippen LogP contribution is 2.46. The van der Waals surface area contributed by atoms with Gasteiger partial charge in [0.25, 0.3) is 0 Å². The van der Waals surface area contributed by atoms with E-state index in [-0.39, 0.29) is 17.9 Å². The van der Waals surface area contributed by atoms with Gasteiger partial charge in [-0.25, -0.2) is 0 Å². The molecule has 2 aromatic rings. The summed E-state index contributed by atoms with van der Waals surface area (Å²) in [4.78, 5) is 30.3. The Morgan fingerprint density at radius 1 is 0.970 bits per heavy atom. The number of rotatable bonds is 5. The first-order valence-corrected chi connectivity index (χ1v) is 11.9. The molecule has 3 aliphatic rings. The monoisotopic (exact) mass is 448 g/mol. The molecular weight excluding hydrogens is 416 g/mol. The van der Waals surface area contributed by atoms with E-state index in [1.807, 2.05) is 24.3 Å². The fourth-order valence-electron chi connectivity index (χ4n) is 5.98. The Hall–Kier alpha value is -2.86. The minimum absolute atomic E-state index is 0.0215. The van der Waals surface area contributed by atoms with Crippen molar-refractivity contribution in [2.24, 2.45) is 5.41 Å². The van der Waals surface area contributed by atoms with Gasteiger partial charge in [0.05, 0.1) is 32.3 Å². The molecule has 0 radical (unpaired) electrons. The number of fused-ring (bicyclic) bond motifs is 1. The number of imide groups is 1. The minimum atomic E-state index is -0.456. The first-order chi connectivity index (χ1) is 16.1. The Kier molecular flexibility index (Phi) is 5.87. The molecule has 1 unspecified atom stereocenters. The number of ether oxygens (including phenoxy) is 2. The van der Waals surface area contributed by atoms with Crippen LogP contribution in [-0.2, 0) is 16.0 Å². The van der Waals surface area contributed by atoms with Gasteiger partial charge in [-0.15, -0.1) is 0 Å². The van der Waals surface area contributed by atoms with Gasteiger partial charge in [-0.3, -0.25) is 19.4 Å². The van der Waals surface area contributed by atoms with Crippen LogP contribution in [0.3, 0.4) is 0 Å². The molecule has 1 saturated carbocycles. The Bertz CT molecular complexity index is 1050. The predicted molar refractivity (Wildman–Crippen MR) is 125 cm³/mol. The summed E-state index contributed by atoms with van der Waals surface area (Å²) in [6.07, 6.45) is 6.12. The van der Waals surface area contributed by atoms with Crippen LogP contribution in [0.15, 0.2) is 42.5 Å². The number of hydrogen-bond donors (Lipinski definition) is 0. The zero-order valence-corrected chi connectivity index (χ0v) is 19.5. The van der Waals surface area contributed by atoms with Gasteiger partial charge in [-0.2, -0.15) is 0 Å². The average molecular weight is 449 g/mol. The lowest BCUT2D eigenvalue weighted by molar-refractivity contribution is -0.145. The van der Waals surface area contributed by atoms with Crippen molar-refractivity contribution in [3.63, 3.8) is 0 Å². The molecule has 2 aromatic carbocycles. The van der Waals surface area contributed by atoms with Crippen LogP contribution in [-0.4, -0.2) is 49.0 Å². The molecule has 6 nitrogen and oxygen atoms in total. The highest BCUT2D eigenvalue weighted by molar-refractivity contribution is 6.05. The van der Waals surface area contributed by atoms with Gasteiger partial charge in [0.1, 0.15) is 0 Å². The van der Waals surface area contributed by atoms with E-state index in [0.717, 1.165) is 61.9 Å². The van der Waals surface area contributed by atoms with Crippen molar-refractivity contribution >= 4 is 11.8 Å². The smallest absolute Gasteiger partial charge is 0.237 e. The van der Waals surface area contributed by atoms with Crippen molar-refractivity contribution < 1.29 is 19.1 Å². The zero-order valence-electron chi connectivity index (χ0n) is 19.5. The van der Waals surface area contributed by atoms with Crippen molar-refractivity contribution in [3.05, 3.63) is 59.2 Å². The number of nitrogens with zero attached hydrogens (tertiary/aromatic N) is 2. The standard InChI is InChI=1S/C27H32N2O4/c1-32-22-15-20-11-14-28(18-29-24(30)17-27(26(29)31)12-7-4-8-13-27)25(19-9-5-3-6-10-19)21(20)16-23(22)33-2/h3,5-6,9-10,15-16,25H,4,7-8,11-14,17-18H2,1-2H3. The summed E-state index contributed by atoms with van der Waals surface area (Å²) >= 11 is 0. The number of methoxy groups -OCH3 is 2. The quantitative estimate of drug-likeness (QED) is 0.638. The van der Waals surface area contributed by atoms with Gasteiger partial charge in [-0.05, 0) is 48.1 Å². The fraction of sp³-hybridized carbons (Fsp3) is 0.481. The van der Waals surface area contributed by atoms with Crippen molar-refractivity contribution in [2.75, 3.05) is 27.4 Å². The van der Waals surface area contributed by atoms with E-state index >= 15 is 0 Å². The van der Waals surface area contributed by atoms with Gasteiger partial charge in [-0.1, -0.05) is 49.6 Å². The predicted octanol–water partition coefficient (Wildman–Crippen LogP) is 4.32. The van der Waals surface area contributed by atoms with Gasteiger partial charge in [0.2, 0.25) is 11.8 Å². The Morgan fingerprint density at radius 3 is 2.36 bits per heavy atom. The molecule has 1 spiro atoms. The van der Waals surface area contributed by atoms with E-state index < -0.39 is 5.41 Å². The summed E-state index contributed by atoms with van der Waals surface area (Å²) in [6, 6.07) is 14.3. The maximum absolute atomic E-state index is 13.5. The average Bonchev–Trinajstić information content (AvgIpc) is 3.07. The van der Waals surface area contributed by atoms with Gasteiger partial charge < -0.3 is 9.47 Å². The molecule has 1 aliphatic carbocycles. The molecule has 0 N–H and O–H groups in total. The number of carbonyl (C=O) groups excluding carboxylic acids is 2. The van der Waals surface area contributed by atoms with Crippen LogP contribution in [0.2, 0.25) is 0 Å². The van der Waals surface area contributed by atoms with Crippen molar-refractivity contribution in [1.29, 1.82) is 0 Å². The first-order valence-electron chi connectivity index (χ1n) is 11.9. The molecule has 0 aromatic heterocycles. The number of benzene rings is 2. The van der Waals surface area contributed by atoms with Crippen molar-refractivity contribution in [1.82, 2.24) is 9.80 Å².